The summed E-state index contributed by atoms with van der Waals surface area (Å²) in [4.78, 5) is 11.9. The predicted octanol–water partition coefficient (Wildman–Crippen LogP) is 9.47. The Labute approximate surface area is 202 Å². The molecule has 2 aromatic rings. The predicted molar refractivity (Wildman–Crippen MR) is 140 cm³/mol. The molecule has 1 aliphatic rings. The first kappa shape index (κ1) is 25.5. The summed E-state index contributed by atoms with van der Waals surface area (Å²) in [7, 11) is 0. The minimum Gasteiger partial charge on any atom is -0.427 e. The Bertz CT molecular complexity index is 798. The normalized spacial score (nSPS) is 18.2. The topological polar surface area (TPSA) is 26.3 Å². The van der Waals surface area contributed by atoms with Crippen molar-refractivity contribution in [2.45, 2.75) is 110 Å². The third-order valence-corrected chi connectivity index (χ3v) is 7.35. The summed E-state index contributed by atoms with van der Waals surface area (Å²) >= 11 is 0. The lowest BCUT2D eigenvalue weighted by atomic mass is 9.77. The van der Waals surface area contributed by atoms with Gasteiger partial charge in [-0.3, -0.25) is 4.79 Å². The Kier molecular flexibility index (Phi) is 11.0. The van der Waals surface area contributed by atoms with Crippen LogP contribution in [-0.2, 0) is 4.79 Å². The van der Waals surface area contributed by atoms with E-state index in [4.69, 9.17) is 4.74 Å². The van der Waals surface area contributed by atoms with Crippen LogP contribution in [-0.4, -0.2) is 5.97 Å². The second-order valence-electron chi connectivity index (χ2n) is 10.00. The maximum absolute atomic E-state index is 11.9. The van der Waals surface area contributed by atoms with Gasteiger partial charge in [0.1, 0.15) is 5.75 Å². The third kappa shape index (κ3) is 8.65. The molecular weight excluding hydrogens is 404 g/mol. The van der Waals surface area contributed by atoms with E-state index in [9.17, 15) is 4.79 Å². The van der Waals surface area contributed by atoms with E-state index in [0.29, 0.717) is 12.2 Å². The number of esters is 1. The van der Waals surface area contributed by atoms with E-state index in [2.05, 4.69) is 50.2 Å². The Hall–Kier alpha value is -2.09. The Morgan fingerprint density at radius 1 is 0.727 bits per heavy atom. The van der Waals surface area contributed by atoms with Crippen LogP contribution in [0.2, 0.25) is 0 Å². The maximum atomic E-state index is 11.9. The van der Waals surface area contributed by atoms with Crippen molar-refractivity contribution in [2.75, 3.05) is 0 Å². The number of hydrogen-bond acceptors (Lipinski definition) is 2. The maximum Gasteiger partial charge on any atom is 0.311 e. The Balaban J connectivity index is 1.44. The van der Waals surface area contributed by atoms with Crippen LogP contribution in [0.25, 0.3) is 11.1 Å². The molecule has 0 amide bonds. The van der Waals surface area contributed by atoms with Gasteiger partial charge in [-0.1, -0.05) is 102 Å². The average Bonchev–Trinajstić information content (AvgIpc) is 2.85. The molecule has 1 saturated carbocycles. The highest BCUT2D eigenvalue weighted by molar-refractivity contribution is 5.73. The molecule has 0 spiro atoms. The molecular formula is C31H44O2. The molecule has 0 radical (unpaired) electrons. The molecule has 3 rings (SSSR count). The first-order chi connectivity index (χ1) is 16.2. The van der Waals surface area contributed by atoms with E-state index in [1.54, 1.807) is 0 Å². The van der Waals surface area contributed by atoms with Crippen molar-refractivity contribution in [3.05, 3.63) is 54.1 Å². The zero-order valence-electron chi connectivity index (χ0n) is 21.0. The van der Waals surface area contributed by atoms with Crippen LogP contribution in [0.1, 0.15) is 115 Å². The van der Waals surface area contributed by atoms with Crippen LogP contribution in [0.4, 0.5) is 0 Å². The van der Waals surface area contributed by atoms with Crippen LogP contribution < -0.4 is 4.74 Å². The zero-order valence-corrected chi connectivity index (χ0v) is 21.0. The van der Waals surface area contributed by atoms with Crippen molar-refractivity contribution >= 4 is 5.97 Å². The first-order valence-corrected chi connectivity index (χ1v) is 13.6. The second-order valence-corrected chi connectivity index (χ2v) is 10.00. The van der Waals surface area contributed by atoms with E-state index in [-0.39, 0.29) is 5.97 Å². The molecule has 180 valence electrons. The van der Waals surface area contributed by atoms with Crippen molar-refractivity contribution in [2.24, 2.45) is 5.92 Å². The van der Waals surface area contributed by atoms with E-state index in [0.717, 1.165) is 31.1 Å². The summed E-state index contributed by atoms with van der Waals surface area (Å²) < 4.78 is 5.46. The van der Waals surface area contributed by atoms with Gasteiger partial charge in [-0.05, 0) is 72.8 Å². The van der Waals surface area contributed by atoms with E-state index in [1.807, 2.05) is 12.1 Å². The standard InChI is InChI=1S/C31H44O2/c1-3-5-7-8-10-11-25-13-15-26(16-14-25)27-17-19-28(20-18-27)29-21-23-30(24-22-29)33-31(32)12-9-6-4-2/h17-26H,3-16H2,1-2H3. The quantitative estimate of drug-likeness (QED) is 0.173. The Morgan fingerprint density at radius 2 is 1.30 bits per heavy atom. The van der Waals surface area contributed by atoms with Gasteiger partial charge in [0.15, 0.2) is 0 Å². The van der Waals surface area contributed by atoms with Crippen LogP contribution in [0, 0.1) is 5.92 Å². The van der Waals surface area contributed by atoms with Gasteiger partial charge in [0.2, 0.25) is 0 Å². The molecule has 0 saturated heterocycles. The number of ether oxygens (including phenoxy) is 1. The summed E-state index contributed by atoms with van der Waals surface area (Å²) in [6.45, 7) is 4.43. The summed E-state index contributed by atoms with van der Waals surface area (Å²) in [5.74, 6) is 2.19. The van der Waals surface area contributed by atoms with E-state index in [1.165, 1.54) is 80.9 Å². The van der Waals surface area contributed by atoms with Gasteiger partial charge in [0, 0.05) is 6.42 Å². The fraction of sp³-hybridized carbons (Fsp3) is 0.581. The van der Waals surface area contributed by atoms with Crippen LogP contribution in [0.5, 0.6) is 5.75 Å². The molecule has 0 aromatic heterocycles. The van der Waals surface area contributed by atoms with Gasteiger partial charge in [-0.25, -0.2) is 0 Å². The largest absolute Gasteiger partial charge is 0.427 e. The summed E-state index contributed by atoms with van der Waals surface area (Å²) in [5, 5.41) is 0. The minimum atomic E-state index is -0.133. The van der Waals surface area contributed by atoms with Crippen LogP contribution in [0.3, 0.4) is 0 Å². The van der Waals surface area contributed by atoms with Crippen molar-refractivity contribution in [1.82, 2.24) is 0 Å². The number of rotatable bonds is 13. The highest BCUT2D eigenvalue weighted by Gasteiger charge is 2.22. The Morgan fingerprint density at radius 3 is 1.94 bits per heavy atom. The van der Waals surface area contributed by atoms with Crippen molar-refractivity contribution in [1.29, 1.82) is 0 Å². The highest BCUT2D eigenvalue weighted by Crippen LogP contribution is 2.38. The zero-order chi connectivity index (χ0) is 23.3. The van der Waals surface area contributed by atoms with Crippen molar-refractivity contribution in [3.63, 3.8) is 0 Å². The first-order valence-electron chi connectivity index (χ1n) is 13.6. The highest BCUT2D eigenvalue weighted by atomic mass is 16.5. The van der Waals surface area contributed by atoms with Gasteiger partial charge in [0.05, 0.1) is 0 Å². The fourth-order valence-electron chi connectivity index (χ4n) is 5.19. The van der Waals surface area contributed by atoms with Gasteiger partial charge < -0.3 is 4.74 Å². The molecule has 33 heavy (non-hydrogen) atoms. The summed E-state index contributed by atoms with van der Waals surface area (Å²) in [6.07, 6.45) is 17.5. The van der Waals surface area contributed by atoms with Crippen LogP contribution in [0.15, 0.2) is 48.5 Å². The van der Waals surface area contributed by atoms with Gasteiger partial charge in [-0.15, -0.1) is 0 Å². The number of unbranched alkanes of at least 4 members (excludes halogenated alkanes) is 6. The second kappa shape index (κ2) is 14.2. The number of benzene rings is 2. The molecule has 1 aliphatic carbocycles. The molecule has 0 atom stereocenters. The molecule has 1 fully saturated rings. The number of carbonyl (C=O) groups excluding carboxylic acids is 1. The van der Waals surface area contributed by atoms with Crippen molar-refractivity contribution in [3.8, 4) is 16.9 Å². The molecule has 2 nitrogen and oxygen atoms in total. The van der Waals surface area contributed by atoms with Gasteiger partial charge in [0.25, 0.3) is 0 Å². The molecule has 0 bridgehead atoms. The average molecular weight is 449 g/mol. The van der Waals surface area contributed by atoms with Crippen LogP contribution >= 0.6 is 0 Å². The van der Waals surface area contributed by atoms with Gasteiger partial charge >= 0.3 is 5.97 Å². The SMILES string of the molecule is CCCCCCCC1CCC(c2ccc(-c3ccc(OC(=O)CCCCC)cc3)cc2)CC1. The van der Waals surface area contributed by atoms with E-state index < -0.39 is 0 Å². The lowest BCUT2D eigenvalue weighted by Crippen LogP contribution is -2.13. The molecule has 2 aromatic carbocycles. The molecule has 0 heterocycles. The van der Waals surface area contributed by atoms with Crippen molar-refractivity contribution < 1.29 is 9.53 Å². The molecule has 0 N–H and O–H groups in total. The lowest BCUT2D eigenvalue weighted by Gasteiger charge is -2.29. The van der Waals surface area contributed by atoms with E-state index >= 15 is 0 Å². The third-order valence-electron chi connectivity index (χ3n) is 7.35. The molecule has 2 heteroatoms. The number of carbonyl (C=O) groups is 1. The minimum absolute atomic E-state index is 0.133. The molecule has 0 unspecified atom stereocenters. The lowest BCUT2D eigenvalue weighted by molar-refractivity contribution is -0.134. The number of hydrogen-bond donors (Lipinski definition) is 0. The van der Waals surface area contributed by atoms with Gasteiger partial charge in [-0.2, -0.15) is 0 Å². The monoisotopic (exact) mass is 448 g/mol. The summed E-state index contributed by atoms with van der Waals surface area (Å²) in [6, 6.07) is 17.1. The summed E-state index contributed by atoms with van der Waals surface area (Å²) in [5.41, 5.74) is 3.89. The smallest absolute Gasteiger partial charge is 0.311 e. The molecule has 0 aliphatic heterocycles. The fourth-order valence-corrected chi connectivity index (χ4v) is 5.19.